The molecule has 3 nitrogen and oxygen atoms in total. The molecule has 1 rings (SSSR count). The second-order valence-corrected chi connectivity index (χ2v) is 2.66. The van der Waals surface area contributed by atoms with Crippen LogP contribution in [-0.2, 0) is 4.74 Å². The fourth-order valence-electron chi connectivity index (χ4n) is 1.05. The number of hydrogen-bond acceptors (Lipinski definition) is 3. The van der Waals surface area contributed by atoms with Crippen LogP contribution in [0.4, 0.5) is 10.1 Å². The number of carbonyl (C=O) groups excluding carboxylic acids is 1. The first kappa shape index (κ1) is 10.2. The summed E-state index contributed by atoms with van der Waals surface area (Å²) in [6.07, 6.45) is 1.33. The Kier molecular flexibility index (Phi) is 2.86. The summed E-state index contributed by atoms with van der Waals surface area (Å²) in [6, 6.07) is 2.38. The van der Waals surface area contributed by atoms with E-state index in [0.29, 0.717) is 0 Å². The van der Waals surface area contributed by atoms with Gasteiger partial charge < -0.3 is 10.5 Å². The van der Waals surface area contributed by atoms with Gasteiger partial charge in [0.15, 0.2) is 0 Å². The molecule has 0 unspecified atom stereocenters. The molecule has 4 heteroatoms. The Morgan fingerprint density at radius 3 is 2.79 bits per heavy atom. The van der Waals surface area contributed by atoms with Gasteiger partial charge >= 0.3 is 5.97 Å². The molecule has 0 aliphatic heterocycles. The highest BCUT2D eigenvalue weighted by molar-refractivity contribution is 5.95. The minimum Gasteiger partial charge on any atom is -0.465 e. The Hall–Kier alpha value is -1.84. The van der Waals surface area contributed by atoms with Crippen molar-refractivity contribution < 1.29 is 13.9 Å². The predicted octanol–water partition coefficient (Wildman–Crippen LogP) is 1.84. The quantitative estimate of drug-likeness (QED) is 0.578. The van der Waals surface area contributed by atoms with Crippen LogP contribution in [0.2, 0.25) is 0 Å². The van der Waals surface area contributed by atoms with Gasteiger partial charge in [0.2, 0.25) is 0 Å². The fourth-order valence-corrected chi connectivity index (χ4v) is 1.05. The molecular formula is C10H10FNO2. The van der Waals surface area contributed by atoms with Crippen LogP contribution in [0.1, 0.15) is 15.9 Å². The molecule has 0 heterocycles. The molecule has 0 amide bonds. The van der Waals surface area contributed by atoms with Gasteiger partial charge in [0.1, 0.15) is 5.82 Å². The third-order valence-electron chi connectivity index (χ3n) is 1.79. The summed E-state index contributed by atoms with van der Waals surface area (Å²) in [5.74, 6) is -1.20. The maximum Gasteiger partial charge on any atom is 0.340 e. The molecule has 0 atom stereocenters. The molecule has 14 heavy (non-hydrogen) atoms. The van der Waals surface area contributed by atoms with Gasteiger partial charge in [-0.15, -0.1) is 0 Å². The molecule has 0 saturated heterocycles. The van der Waals surface area contributed by atoms with Crippen molar-refractivity contribution >= 4 is 17.7 Å². The third kappa shape index (κ3) is 1.74. The molecule has 2 N–H and O–H groups in total. The lowest BCUT2D eigenvalue weighted by molar-refractivity contribution is 0.0601. The smallest absolute Gasteiger partial charge is 0.340 e. The van der Waals surface area contributed by atoms with Gasteiger partial charge in [0.25, 0.3) is 0 Å². The van der Waals surface area contributed by atoms with Crippen LogP contribution >= 0.6 is 0 Å². The highest BCUT2D eigenvalue weighted by atomic mass is 19.1. The van der Waals surface area contributed by atoms with Crippen LogP contribution < -0.4 is 5.73 Å². The van der Waals surface area contributed by atoms with Crippen molar-refractivity contribution in [2.45, 2.75) is 0 Å². The van der Waals surface area contributed by atoms with Crippen LogP contribution in [0, 0.1) is 5.82 Å². The van der Waals surface area contributed by atoms with Gasteiger partial charge in [-0.25, -0.2) is 9.18 Å². The van der Waals surface area contributed by atoms with E-state index in [4.69, 9.17) is 5.73 Å². The maximum absolute atomic E-state index is 13.2. The lowest BCUT2D eigenvalue weighted by atomic mass is 10.1. The molecule has 1 aromatic carbocycles. The number of anilines is 1. The average molecular weight is 195 g/mol. The molecule has 0 spiro atoms. The summed E-state index contributed by atoms with van der Waals surface area (Å²) in [4.78, 5) is 11.1. The summed E-state index contributed by atoms with van der Waals surface area (Å²) < 4.78 is 17.6. The van der Waals surface area contributed by atoms with Crippen LogP contribution in [0.3, 0.4) is 0 Å². The largest absolute Gasteiger partial charge is 0.465 e. The summed E-state index contributed by atoms with van der Waals surface area (Å²) in [5.41, 5.74) is 5.98. The van der Waals surface area contributed by atoms with Crippen LogP contribution in [0.15, 0.2) is 18.7 Å². The number of hydrogen-bond donors (Lipinski definition) is 1. The number of nitrogens with two attached hydrogens (primary N) is 1. The molecule has 1 aromatic rings. The Bertz CT molecular complexity index is 388. The first-order chi connectivity index (χ1) is 6.60. The van der Waals surface area contributed by atoms with E-state index >= 15 is 0 Å². The first-order valence-corrected chi connectivity index (χ1v) is 3.90. The minimum atomic E-state index is -0.656. The highest BCUT2D eigenvalue weighted by Crippen LogP contribution is 2.19. The second kappa shape index (κ2) is 3.91. The summed E-state index contributed by atoms with van der Waals surface area (Å²) in [5, 5.41) is 0. The molecule has 0 radical (unpaired) electrons. The van der Waals surface area contributed by atoms with Crippen molar-refractivity contribution in [1.29, 1.82) is 0 Å². The summed E-state index contributed by atoms with van der Waals surface area (Å²) in [7, 11) is 1.21. The zero-order valence-corrected chi connectivity index (χ0v) is 7.71. The number of benzene rings is 1. The molecule has 0 saturated carbocycles. The van der Waals surface area contributed by atoms with Crippen molar-refractivity contribution in [1.82, 2.24) is 0 Å². The monoisotopic (exact) mass is 195 g/mol. The van der Waals surface area contributed by atoms with Crippen molar-refractivity contribution in [3.05, 3.63) is 35.7 Å². The van der Waals surface area contributed by atoms with Crippen molar-refractivity contribution in [2.24, 2.45) is 0 Å². The van der Waals surface area contributed by atoms with E-state index in [1.54, 1.807) is 0 Å². The van der Waals surface area contributed by atoms with Gasteiger partial charge in [-0.05, 0) is 12.1 Å². The lowest BCUT2D eigenvalue weighted by Crippen LogP contribution is -2.06. The van der Waals surface area contributed by atoms with Gasteiger partial charge in [-0.3, -0.25) is 0 Å². The number of carbonyl (C=O) groups is 1. The Morgan fingerprint density at radius 1 is 1.64 bits per heavy atom. The van der Waals surface area contributed by atoms with Crippen molar-refractivity contribution in [3.8, 4) is 0 Å². The highest BCUT2D eigenvalue weighted by Gasteiger charge is 2.12. The Labute approximate surface area is 81.0 Å². The SMILES string of the molecule is C=Cc1cc(N)c(C(=O)OC)cc1F. The lowest BCUT2D eigenvalue weighted by Gasteiger charge is -2.05. The van der Waals surface area contributed by atoms with Crippen molar-refractivity contribution in [3.63, 3.8) is 0 Å². The zero-order chi connectivity index (χ0) is 10.7. The van der Waals surface area contributed by atoms with Crippen molar-refractivity contribution in [2.75, 3.05) is 12.8 Å². The van der Waals surface area contributed by atoms with E-state index in [2.05, 4.69) is 11.3 Å². The van der Waals surface area contributed by atoms with Crippen LogP contribution in [0.25, 0.3) is 6.08 Å². The molecular weight excluding hydrogens is 185 g/mol. The number of esters is 1. The van der Waals surface area contributed by atoms with Crippen LogP contribution in [-0.4, -0.2) is 13.1 Å². The van der Waals surface area contributed by atoms with E-state index in [-0.39, 0.29) is 16.8 Å². The predicted molar refractivity (Wildman–Crippen MR) is 52.2 cm³/mol. The molecule has 0 fully saturated rings. The van der Waals surface area contributed by atoms with E-state index in [1.807, 2.05) is 0 Å². The number of rotatable bonds is 2. The topological polar surface area (TPSA) is 52.3 Å². The van der Waals surface area contributed by atoms with Crippen LogP contribution in [0.5, 0.6) is 0 Å². The van der Waals surface area contributed by atoms with Gasteiger partial charge in [-0.2, -0.15) is 0 Å². The molecule has 0 aliphatic rings. The van der Waals surface area contributed by atoms with Gasteiger partial charge in [0, 0.05) is 11.3 Å². The number of nitrogen functional groups attached to an aromatic ring is 1. The first-order valence-electron chi connectivity index (χ1n) is 3.90. The summed E-state index contributed by atoms with van der Waals surface area (Å²) >= 11 is 0. The average Bonchev–Trinajstić information content (AvgIpc) is 2.19. The number of halogens is 1. The van der Waals surface area contributed by atoms with E-state index in [0.717, 1.165) is 6.07 Å². The molecule has 0 aromatic heterocycles. The normalized spacial score (nSPS) is 9.57. The number of ether oxygens (including phenoxy) is 1. The van der Waals surface area contributed by atoms with E-state index in [1.165, 1.54) is 19.3 Å². The van der Waals surface area contributed by atoms with Gasteiger partial charge in [-0.1, -0.05) is 12.7 Å². The minimum absolute atomic E-state index is 0.0237. The maximum atomic E-state index is 13.2. The zero-order valence-electron chi connectivity index (χ0n) is 7.71. The van der Waals surface area contributed by atoms with Gasteiger partial charge in [0.05, 0.1) is 12.7 Å². The summed E-state index contributed by atoms with van der Waals surface area (Å²) in [6.45, 7) is 3.42. The molecule has 74 valence electrons. The van der Waals surface area contributed by atoms with E-state index < -0.39 is 11.8 Å². The molecule has 0 aliphatic carbocycles. The Balaban J connectivity index is 3.28. The second-order valence-electron chi connectivity index (χ2n) is 2.66. The Morgan fingerprint density at radius 2 is 2.29 bits per heavy atom. The molecule has 0 bridgehead atoms. The number of methoxy groups -OCH3 is 1. The van der Waals surface area contributed by atoms with E-state index in [9.17, 15) is 9.18 Å². The fraction of sp³-hybridized carbons (Fsp3) is 0.100. The third-order valence-corrected chi connectivity index (χ3v) is 1.79. The standard InChI is InChI=1S/C10H10FNO2/c1-3-6-4-9(12)7(5-8(6)11)10(13)14-2/h3-5H,1,12H2,2H3.